The van der Waals surface area contributed by atoms with Crippen LogP contribution >= 0.6 is 0 Å². The molecule has 0 fully saturated rings. The number of rotatable bonds is 11. The van der Waals surface area contributed by atoms with Crippen LogP contribution in [-0.4, -0.2) is 72.7 Å². The van der Waals surface area contributed by atoms with Gasteiger partial charge < -0.3 is 35.4 Å². The van der Waals surface area contributed by atoms with Gasteiger partial charge in [-0.05, 0) is 0 Å². The van der Waals surface area contributed by atoms with Gasteiger partial charge in [0.25, 0.3) is 5.97 Å². The molecule has 0 saturated heterocycles. The molecule has 0 saturated carbocycles. The maximum Gasteiger partial charge on any atom is 0.750 e. The van der Waals surface area contributed by atoms with E-state index in [-0.39, 0.29) is 6.42 Å². The third-order valence-corrected chi connectivity index (χ3v) is 6.77. The van der Waals surface area contributed by atoms with Crippen molar-refractivity contribution in [3.63, 3.8) is 0 Å². The van der Waals surface area contributed by atoms with E-state index in [1.165, 1.54) is 49.6 Å². The average Bonchev–Trinajstić information content (AvgIpc) is 2.57. The van der Waals surface area contributed by atoms with Gasteiger partial charge >= 0.3 is 24.1 Å². The normalized spacial score (nSPS) is 13.5. The predicted octanol–water partition coefficient (Wildman–Crippen LogP) is -0.151. The summed E-state index contributed by atoms with van der Waals surface area (Å²) < 4.78 is 40.0. The summed E-state index contributed by atoms with van der Waals surface area (Å²) in [6.45, 7) is 1.49. The second-order valence-electron chi connectivity index (χ2n) is 4.23. The van der Waals surface area contributed by atoms with E-state index in [2.05, 4.69) is 0 Å². The number of hydrogen-bond acceptors (Lipinski definition) is 10. The smallest absolute Gasteiger partial charge is 0.452 e. The third kappa shape index (κ3) is 6.27. The van der Waals surface area contributed by atoms with Crippen LogP contribution in [0.4, 0.5) is 0 Å². The average molecular weight is 372 g/mol. The molecule has 136 valence electrons. The fraction of sp³-hybridized carbons (Fsp3) is 0.818. The van der Waals surface area contributed by atoms with Crippen LogP contribution in [0.3, 0.4) is 0 Å². The van der Waals surface area contributed by atoms with E-state index >= 15 is 0 Å². The van der Waals surface area contributed by atoms with Gasteiger partial charge in [0.1, 0.15) is 0 Å². The molecule has 0 aliphatic rings. The minimum Gasteiger partial charge on any atom is -0.452 e. The molecule has 0 aromatic carbocycles. The number of hydrogen-bond donors (Lipinski definition) is 0. The Morgan fingerprint density at radius 1 is 0.739 bits per heavy atom. The van der Waals surface area contributed by atoms with Gasteiger partial charge in [-0.25, -0.2) is 0 Å². The second-order valence-corrected chi connectivity index (χ2v) is 9.08. The Bertz CT molecular complexity index is 366. The van der Waals surface area contributed by atoms with Crippen LogP contribution in [0, 0.1) is 5.92 Å². The van der Waals surface area contributed by atoms with E-state index < -0.39 is 36.0 Å². The lowest BCUT2D eigenvalue weighted by molar-refractivity contribution is -0.153. The van der Waals surface area contributed by atoms with Gasteiger partial charge in [0.2, 0.25) is 0 Å². The minimum atomic E-state index is -3.53. The lowest BCUT2D eigenvalue weighted by Gasteiger charge is -2.25. The van der Waals surface area contributed by atoms with Crippen LogP contribution in [0.15, 0.2) is 0 Å². The van der Waals surface area contributed by atoms with Crippen LogP contribution < -0.4 is 0 Å². The molecule has 10 nitrogen and oxygen atoms in total. The first-order chi connectivity index (χ1) is 10.8. The fourth-order valence-corrected chi connectivity index (χ4v) is 3.80. The van der Waals surface area contributed by atoms with Crippen molar-refractivity contribution in [3.05, 3.63) is 0 Å². The Labute approximate surface area is 137 Å². The van der Waals surface area contributed by atoms with Gasteiger partial charge in [-0.3, -0.25) is 9.59 Å². The van der Waals surface area contributed by atoms with Crippen molar-refractivity contribution in [3.8, 4) is 0 Å². The minimum absolute atomic E-state index is 0.273. The highest BCUT2D eigenvalue weighted by Crippen LogP contribution is 2.16. The molecule has 0 heterocycles. The van der Waals surface area contributed by atoms with Gasteiger partial charge in [-0.1, -0.05) is 6.92 Å². The molecule has 0 aliphatic carbocycles. The summed E-state index contributed by atoms with van der Waals surface area (Å²) in [7, 11) is 0.708. The first kappa shape index (κ1) is 22.1. The maximum absolute atomic E-state index is 12.0. The van der Waals surface area contributed by atoms with E-state index in [1.54, 1.807) is 0 Å². The monoisotopic (exact) mass is 372 g/mol. The molecule has 23 heavy (non-hydrogen) atoms. The topological polar surface area (TPSA) is 108 Å². The molecule has 1 unspecified atom stereocenters. The Hall–Kier alpha value is -0.866. The summed E-state index contributed by atoms with van der Waals surface area (Å²) >= 11 is 0. The molecule has 12 heteroatoms. The summed E-state index contributed by atoms with van der Waals surface area (Å²) in [6.07, 6.45) is -0.273. The molecule has 0 N–H and O–H groups in total. The highest BCUT2D eigenvalue weighted by atomic mass is 28.4. The zero-order chi connectivity index (χ0) is 18.1. The standard InChI is InChI=1S/C11H24O10Si2/c1-9(11(13)21-23(17-5,18-6)19-7)8-10(12)20-22(14-2,15-3)16-4/h9H,8H2,1-7H3. The Morgan fingerprint density at radius 3 is 1.43 bits per heavy atom. The molecule has 1 atom stereocenters. The van der Waals surface area contributed by atoms with Gasteiger partial charge in [-0.2, -0.15) is 0 Å². The highest BCUT2D eigenvalue weighted by molar-refractivity contribution is 6.56. The van der Waals surface area contributed by atoms with Crippen molar-refractivity contribution in [2.75, 3.05) is 42.7 Å². The van der Waals surface area contributed by atoms with Crippen LogP contribution in [-0.2, 0) is 45.0 Å². The quantitative estimate of drug-likeness (QED) is 0.454. The number of carbonyl (C=O) groups is 2. The summed E-state index contributed by atoms with van der Waals surface area (Å²) in [5.41, 5.74) is 0. The summed E-state index contributed by atoms with van der Waals surface area (Å²) in [6, 6.07) is 0. The lowest BCUT2D eigenvalue weighted by atomic mass is 10.1. The molecule has 0 rings (SSSR count). The van der Waals surface area contributed by atoms with Gasteiger partial charge in [0, 0.05) is 42.7 Å². The molecular formula is C11H24O10Si2. The highest BCUT2D eigenvalue weighted by Gasteiger charge is 2.49. The van der Waals surface area contributed by atoms with E-state index in [1.807, 2.05) is 0 Å². The second kappa shape index (κ2) is 10.1. The van der Waals surface area contributed by atoms with E-state index in [9.17, 15) is 9.59 Å². The van der Waals surface area contributed by atoms with Gasteiger partial charge in [0.05, 0.1) is 12.3 Å². The van der Waals surface area contributed by atoms with Crippen LogP contribution in [0.2, 0.25) is 0 Å². The van der Waals surface area contributed by atoms with Crippen LogP contribution in [0.5, 0.6) is 0 Å². The van der Waals surface area contributed by atoms with E-state index in [4.69, 9.17) is 35.4 Å². The third-order valence-electron chi connectivity index (χ3n) is 2.84. The van der Waals surface area contributed by atoms with Crippen molar-refractivity contribution in [2.45, 2.75) is 13.3 Å². The van der Waals surface area contributed by atoms with Crippen LogP contribution in [0.25, 0.3) is 0 Å². The molecular weight excluding hydrogens is 348 g/mol. The molecule has 0 aliphatic heterocycles. The van der Waals surface area contributed by atoms with Crippen LogP contribution in [0.1, 0.15) is 13.3 Å². The van der Waals surface area contributed by atoms with Crippen molar-refractivity contribution >= 4 is 30.0 Å². The predicted molar refractivity (Wildman–Crippen MR) is 79.5 cm³/mol. The van der Waals surface area contributed by atoms with Crippen molar-refractivity contribution in [1.29, 1.82) is 0 Å². The molecule has 0 bridgehead atoms. The SMILES string of the molecule is CO[Si](OC)(OC)OC(=O)CC(C)C(=O)O[Si](OC)(OC)OC. The molecule has 0 aromatic heterocycles. The molecule has 0 aromatic rings. The van der Waals surface area contributed by atoms with Crippen molar-refractivity contribution in [1.82, 2.24) is 0 Å². The Morgan fingerprint density at radius 2 is 1.09 bits per heavy atom. The summed E-state index contributed by atoms with van der Waals surface area (Å²) in [5, 5.41) is 0. The first-order valence-electron chi connectivity index (χ1n) is 6.53. The molecule has 0 amide bonds. The fourth-order valence-electron chi connectivity index (χ4n) is 1.49. The van der Waals surface area contributed by atoms with Crippen molar-refractivity contribution < 1.29 is 45.0 Å². The summed E-state index contributed by atoms with van der Waals surface area (Å²) in [5.74, 6) is -2.28. The number of carbonyl (C=O) groups excluding carboxylic acids is 2. The van der Waals surface area contributed by atoms with Gasteiger partial charge in [-0.15, -0.1) is 0 Å². The zero-order valence-corrected chi connectivity index (χ0v) is 16.4. The first-order valence-corrected chi connectivity index (χ1v) is 9.79. The lowest BCUT2D eigenvalue weighted by Crippen LogP contribution is -2.50. The maximum atomic E-state index is 12.0. The van der Waals surface area contributed by atoms with Gasteiger partial charge in [0.15, 0.2) is 0 Å². The van der Waals surface area contributed by atoms with Crippen molar-refractivity contribution in [2.24, 2.45) is 5.92 Å². The Balaban J connectivity index is 4.72. The van der Waals surface area contributed by atoms with E-state index in [0.717, 1.165) is 0 Å². The zero-order valence-electron chi connectivity index (χ0n) is 14.4. The van der Waals surface area contributed by atoms with E-state index in [0.29, 0.717) is 0 Å². The molecule has 0 radical (unpaired) electrons. The molecule has 0 spiro atoms. The summed E-state index contributed by atoms with van der Waals surface area (Å²) in [4.78, 5) is 23.9. The largest absolute Gasteiger partial charge is 0.750 e. The Kier molecular flexibility index (Phi) is 9.71.